The number of carbonyl (C=O) groups is 1. The van der Waals surface area contributed by atoms with Gasteiger partial charge in [-0.05, 0) is 25.5 Å². The average Bonchev–Trinajstić information content (AvgIpc) is 2.95. The Hall–Kier alpha value is -1.25. The van der Waals surface area contributed by atoms with Crippen LogP contribution in [-0.4, -0.2) is 42.6 Å². The topological polar surface area (TPSA) is 70.4 Å². The standard InChI is InChI=1S/C14H25N5O.HI/c1-3-7-16-13(20)12-18-14(15-4-2)17-8-11-19-9-5-6-10-19;/h5-6,9-10H,3-4,7-8,11-12H2,1-2H3,(H,16,20)(H2,15,17,18);1H. The van der Waals surface area contributed by atoms with Crippen LogP contribution in [0.1, 0.15) is 20.3 Å². The van der Waals surface area contributed by atoms with E-state index in [2.05, 4.69) is 25.5 Å². The van der Waals surface area contributed by atoms with Crippen molar-refractivity contribution in [3.63, 3.8) is 0 Å². The minimum absolute atomic E-state index is 0. The zero-order valence-electron chi connectivity index (χ0n) is 12.8. The minimum atomic E-state index is -0.0468. The van der Waals surface area contributed by atoms with Gasteiger partial charge in [0.2, 0.25) is 5.91 Å². The Labute approximate surface area is 143 Å². The monoisotopic (exact) mass is 407 g/mol. The molecule has 0 radical (unpaired) electrons. The van der Waals surface area contributed by atoms with Crippen molar-refractivity contribution >= 4 is 35.8 Å². The zero-order chi connectivity index (χ0) is 14.6. The summed E-state index contributed by atoms with van der Waals surface area (Å²) in [7, 11) is 0. The van der Waals surface area contributed by atoms with Crippen LogP contribution in [0.3, 0.4) is 0 Å². The highest BCUT2D eigenvalue weighted by Gasteiger charge is 2.01. The summed E-state index contributed by atoms with van der Waals surface area (Å²) in [5, 5.41) is 9.13. The van der Waals surface area contributed by atoms with E-state index in [1.807, 2.05) is 38.4 Å². The van der Waals surface area contributed by atoms with Crippen LogP contribution in [0.4, 0.5) is 0 Å². The fraction of sp³-hybridized carbons (Fsp3) is 0.571. The molecule has 0 aliphatic carbocycles. The number of carbonyl (C=O) groups excluding carboxylic acids is 1. The number of nitrogens with one attached hydrogen (secondary N) is 3. The van der Waals surface area contributed by atoms with E-state index in [-0.39, 0.29) is 36.4 Å². The Morgan fingerprint density at radius 1 is 1.10 bits per heavy atom. The van der Waals surface area contributed by atoms with E-state index >= 15 is 0 Å². The number of hydrogen-bond donors (Lipinski definition) is 3. The number of halogens is 1. The fourth-order valence-corrected chi connectivity index (χ4v) is 1.64. The first-order chi connectivity index (χ1) is 9.76. The van der Waals surface area contributed by atoms with E-state index in [0.717, 1.165) is 26.1 Å². The third-order valence-electron chi connectivity index (χ3n) is 2.63. The average molecular weight is 407 g/mol. The predicted molar refractivity (Wildman–Crippen MR) is 97.1 cm³/mol. The van der Waals surface area contributed by atoms with Gasteiger partial charge < -0.3 is 20.5 Å². The molecule has 0 aliphatic heterocycles. The lowest BCUT2D eigenvalue weighted by Crippen LogP contribution is -2.39. The first-order valence-electron chi connectivity index (χ1n) is 7.16. The minimum Gasteiger partial charge on any atom is -0.357 e. The van der Waals surface area contributed by atoms with Crippen molar-refractivity contribution in [2.75, 3.05) is 26.2 Å². The van der Waals surface area contributed by atoms with Crippen molar-refractivity contribution in [3.8, 4) is 0 Å². The van der Waals surface area contributed by atoms with Gasteiger partial charge >= 0.3 is 0 Å². The summed E-state index contributed by atoms with van der Waals surface area (Å²) in [4.78, 5) is 15.8. The second kappa shape index (κ2) is 12.5. The molecule has 1 rings (SSSR count). The molecule has 1 aromatic rings. The molecule has 1 amide bonds. The predicted octanol–water partition coefficient (Wildman–Crippen LogP) is 1.19. The second-order valence-corrected chi connectivity index (χ2v) is 4.39. The first-order valence-corrected chi connectivity index (χ1v) is 7.16. The third kappa shape index (κ3) is 9.33. The number of amides is 1. The lowest BCUT2D eigenvalue weighted by Gasteiger charge is -2.11. The van der Waals surface area contributed by atoms with Gasteiger partial charge in [-0.25, -0.2) is 4.99 Å². The maximum atomic E-state index is 11.5. The molecule has 0 saturated carbocycles. The highest BCUT2D eigenvalue weighted by molar-refractivity contribution is 14.0. The Balaban J connectivity index is 0.00000400. The lowest BCUT2D eigenvalue weighted by atomic mass is 10.4. The molecule has 1 aromatic heterocycles. The van der Waals surface area contributed by atoms with Crippen molar-refractivity contribution < 1.29 is 4.79 Å². The molecule has 0 fully saturated rings. The summed E-state index contributed by atoms with van der Waals surface area (Å²) >= 11 is 0. The summed E-state index contributed by atoms with van der Waals surface area (Å²) in [5.41, 5.74) is 0. The smallest absolute Gasteiger partial charge is 0.241 e. The normalized spacial score (nSPS) is 10.7. The highest BCUT2D eigenvalue weighted by atomic mass is 127. The summed E-state index contributed by atoms with van der Waals surface area (Å²) in [6.07, 6.45) is 4.97. The highest BCUT2D eigenvalue weighted by Crippen LogP contribution is 1.88. The molecule has 0 bridgehead atoms. The first kappa shape index (κ1) is 19.8. The van der Waals surface area contributed by atoms with Crippen LogP contribution in [-0.2, 0) is 11.3 Å². The van der Waals surface area contributed by atoms with Crippen molar-refractivity contribution in [2.24, 2.45) is 4.99 Å². The van der Waals surface area contributed by atoms with Gasteiger partial charge in [0.1, 0.15) is 6.54 Å². The summed E-state index contributed by atoms with van der Waals surface area (Å²) < 4.78 is 2.09. The largest absolute Gasteiger partial charge is 0.357 e. The van der Waals surface area contributed by atoms with E-state index < -0.39 is 0 Å². The van der Waals surface area contributed by atoms with Gasteiger partial charge in [0.25, 0.3) is 0 Å². The van der Waals surface area contributed by atoms with E-state index in [4.69, 9.17) is 0 Å². The van der Waals surface area contributed by atoms with Gasteiger partial charge in [0, 0.05) is 38.6 Å². The van der Waals surface area contributed by atoms with E-state index in [0.29, 0.717) is 12.5 Å². The molecule has 0 unspecified atom stereocenters. The third-order valence-corrected chi connectivity index (χ3v) is 2.63. The number of nitrogens with zero attached hydrogens (tertiary/aromatic N) is 2. The van der Waals surface area contributed by atoms with Gasteiger partial charge in [0.15, 0.2) is 5.96 Å². The van der Waals surface area contributed by atoms with Gasteiger partial charge in [-0.2, -0.15) is 0 Å². The van der Waals surface area contributed by atoms with Crippen LogP contribution < -0.4 is 16.0 Å². The zero-order valence-corrected chi connectivity index (χ0v) is 15.1. The summed E-state index contributed by atoms with van der Waals surface area (Å²) in [5.74, 6) is 0.626. The number of guanidine groups is 1. The molecule has 0 atom stereocenters. The van der Waals surface area contributed by atoms with Gasteiger partial charge in [-0.3, -0.25) is 4.79 Å². The van der Waals surface area contributed by atoms with E-state index in [1.54, 1.807) is 0 Å². The molecule has 0 saturated heterocycles. The quantitative estimate of drug-likeness (QED) is 0.345. The molecule has 0 aliphatic rings. The number of rotatable bonds is 8. The second-order valence-electron chi connectivity index (χ2n) is 4.39. The van der Waals surface area contributed by atoms with E-state index in [1.165, 1.54) is 0 Å². The number of aromatic nitrogens is 1. The molecule has 0 spiro atoms. The van der Waals surface area contributed by atoms with Crippen molar-refractivity contribution in [1.29, 1.82) is 0 Å². The molecule has 3 N–H and O–H groups in total. The van der Waals surface area contributed by atoms with Crippen LogP contribution >= 0.6 is 24.0 Å². The van der Waals surface area contributed by atoms with Gasteiger partial charge in [0.05, 0.1) is 0 Å². The fourth-order valence-electron chi connectivity index (χ4n) is 1.64. The van der Waals surface area contributed by atoms with Crippen molar-refractivity contribution in [1.82, 2.24) is 20.5 Å². The molecule has 1 heterocycles. The van der Waals surface area contributed by atoms with Crippen LogP contribution in [0, 0.1) is 0 Å². The van der Waals surface area contributed by atoms with Crippen LogP contribution in [0.25, 0.3) is 0 Å². The van der Waals surface area contributed by atoms with Crippen LogP contribution in [0.2, 0.25) is 0 Å². The Morgan fingerprint density at radius 3 is 2.43 bits per heavy atom. The van der Waals surface area contributed by atoms with Gasteiger partial charge in [-0.15, -0.1) is 24.0 Å². The van der Waals surface area contributed by atoms with Crippen molar-refractivity contribution in [3.05, 3.63) is 24.5 Å². The van der Waals surface area contributed by atoms with Crippen LogP contribution in [0.5, 0.6) is 0 Å². The number of aliphatic imine (C=N–C) groups is 1. The van der Waals surface area contributed by atoms with Gasteiger partial charge in [-0.1, -0.05) is 6.92 Å². The molecule has 6 nitrogen and oxygen atoms in total. The Bertz CT molecular complexity index is 406. The molecule has 120 valence electrons. The SMILES string of the molecule is CCCNC(=O)CN=C(NCC)NCCn1cccc1.I. The molecule has 0 aromatic carbocycles. The maximum Gasteiger partial charge on any atom is 0.241 e. The Kier molecular flexibility index (Phi) is 11.7. The summed E-state index contributed by atoms with van der Waals surface area (Å²) in [6, 6.07) is 3.99. The molecule has 21 heavy (non-hydrogen) atoms. The maximum absolute atomic E-state index is 11.5. The van der Waals surface area contributed by atoms with Crippen LogP contribution in [0.15, 0.2) is 29.5 Å². The summed E-state index contributed by atoms with van der Waals surface area (Å²) in [6.45, 7) is 7.27. The molecular weight excluding hydrogens is 381 g/mol. The Morgan fingerprint density at radius 2 is 1.81 bits per heavy atom. The van der Waals surface area contributed by atoms with Crippen molar-refractivity contribution in [2.45, 2.75) is 26.8 Å². The molecular formula is C14H26IN5O. The van der Waals surface area contributed by atoms with E-state index in [9.17, 15) is 4.79 Å². The lowest BCUT2D eigenvalue weighted by molar-refractivity contribution is -0.119. The molecule has 7 heteroatoms. The number of hydrogen-bond acceptors (Lipinski definition) is 2.